The molecule has 47 heavy (non-hydrogen) atoms. The number of hydrogen-bond donors (Lipinski definition) is 1. The lowest BCUT2D eigenvalue weighted by Gasteiger charge is -2.52. The molecule has 4 heterocycles. The molecule has 2 aromatic rings. The van der Waals surface area contributed by atoms with Gasteiger partial charge in [0.1, 0.15) is 11.6 Å². The molecule has 6 rings (SSSR count). The highest BCUT2D eigenvalue weighted by molar-refractivity contribution is 7.89. The summed E-state index contributed by atoms with van der Waals surface area (Å²) in [6.07, 6.45) is 9.94. The highest BCUT2D eigenvalue weighted by Crippen LogP contribution is 2.36. The predicted molar refractivity (Wildman–Crippen MR) is 180 cm³/mol. The number of nitrogens with zero attached hydrogens (tertiary/aromatic N) is 5. The molecule has 1 aromatic carbocycles. The number of carbonyl (C=O) groups excluding carboxylic acids is 2. The van der Waals surface area contributed by atoms with Gasteiger partial charge in [-0.05, 0) is 69.7 Å². The quantitative estimate of drug-likeness (QED) is 0.408. The standard InChI is InChI=1S/C35H52N6O5S/c1-4-5-17-40-33(42)32(24-28-9-7-6-8-10-28)36-34(43)35(40)15-18-38(19-16-35)25-31-26(2)37-41(27(31)3)29-11-13-30(14-12-29)47(44,45)39-20-22-46-23-21-39/h11-14,28,32H,4-10,15-25H2,1-3H3,(H,36,43)/t32-/m0/s1. The molecule has 12 heteroatoms. The third-order valence-corrected chi connectivity index (χ3v) is 12.9. The Kier molecular flexibility index (Phi) is 10.4. The van der Waals surface area contributed by atoms with Gasteiger partial charge in [-0.15, -0.1) is 0 Å². The van der Waals surface area contributed by atoms with Gasteiger partial charge in [0.2, 0.25) is 21.8 Å². The number of ether oxygens (including phenoxy) is 1. The van der Waals surface area contributed by atoms with E-state index in [4.69, 9.17) is 9.84 Å². The highest BCUT2D eigenvalue weighted by Gasteiger charge is 2.53. The van der Waals surface area contributed by atoms with Gasteiger partial charge in [0.15, 0.2) is 0 Å². The van der Waals surface area contributed by atoms with Gasteiger partial charge < -0.3 is 15.0 Å². The summed E-state index contributed by atoms with van der Waals surface area (Å²) in [6.45, 7) is 10.5. The maximum Gasteiger partial charge on any atom is 0.246 e. The van der Waals surface area contributed by atoms with Crippen molar-refractivity contribution >= 4 is 21.8 Å². The third kappa shape index (κ3) is 6.89. The molecule has 3 aliphatic heterocycles. The molecular formula is C35H52N6O5S. The Morgan fingerprint density at radius 1 is 0.979 bits per heavy atom. The van der Waals surface area contributed by atoms with Gasteiger partial charge in [-0.2, -0.15) is 9.40 Å². The summed E-state index contributed by atoms with van der Waals surface area (Å²) in [6, 6.07) is 6.54. The Balaban J connectivity index is 1.12. The summed E-state index contributed by atoms with van der Waals surface area (Å²) in [5.74, 6) is 0.678. The molecule has 0 radical (unpaired) electrons. The van der Waals surface area contributed by atoms with Crippen LogP contribution in [0.1, 0.15) is 88.1 Å². The van der Waals surface area contributed by atoms with Gasteiger partial charge in [0.25, 0.3) is 0 Å². The summed E-state index contributed by atoms with van der Waals surface area (Å²) in [7, 11) is -3.57. The van der Waals surface area contributed by atoms with Crippen molar-refractivity contribution in [2.75, 3.05) is 45.9 Å². The van der Waals surface area contributed by atoms with Crippen molar-refractivity contribution in [2.45, 2.75) is 108 Å². The number of aryl methyl sites for hydroxylation is 1. The van der Waals surface area contributed by atoms with E-state index >= 15 is 0 Å². The fourth-order valence-corrected chi connectivity index (χ4v) is 9.49. The summed E-state index contributed by atoms with van der Waals surface area (Å²) in [5, 5.41) is 8.04. The van der Waals surface area contributed by atoms with Crippen molar-refractivity contribution in [3.63, 3.8) is 0 Å². The maximum absolute atomic E-state index is 13.9. The van der Waals surface area contributed by atoms with Crippen molar-refractivity contribution in [2.24, 2.45) is 5.92 Å². The van der Waals surface area contributed by atoms with E-state index in [9.17, 15) is 18.0 Å². The summed E-state index contributed by atoms with van der Waals surface area (Å²) in [5.41, 5.74) is 3.09. The normalized spacial score (nSPS) is 23.4. The fraction of sp³-hybridized carbons (Fsp3) is 0.686. The topological polar surface area (TPSA) is 117 Å². The first-order valence-corrected chi connectivity index (χ1v) is 19.2. The number of unbranched alkanes of at least 4 members (excludes halogenated alkanes) is 1. The van der Waals surface area contributed by atoms with Crippen LogP contribution in [0.4, 0.5) is 0 Å². The molecule has 4 aliphatic rings. The van der Waals surface area contributed by atoms with Crippen LogP contribution in [-0.4, -0.2) is 102 Å². The number of sulfonamides is 1. The monoisotopic (exact) mass is 668 g/mol. The second-order valence-electron chi connectivity index (χ2n) is 14.0. The number of morpholine rings is 1. The Morgan fingerprint density at radius 2 is 1.66 bits per heavy atom. The minimum Gasteiger partial charge on any atom is -0.379 e. The van der Waals surface area contributed by atoms with Gasteiger partial charge in [0.05, 0.1) is 29.5 Å². The van der Waals surface area contributed by atoms with E-state index in [1.54, 1.807) is 12.1 Å². The van der Waals surface area contributed by atoms with Crippen LogP contribution in [0.15, 0.2) is 29.2 Å². The first-order chi connectivity index (χ1) is 22.6. The fourth-order valence-electron chi connectivity index (χ4n) is 8.08. The second-order valence-corrected chi connectivity index (χ2v) is 15.9. The first kappa shape index (κ1) is 34.1. The van der Waals surface area contributed by atoms with E-state index in [1.165, 1.54) is 23.6 Å². The Bertz CT molecular complexity index is 1520. The van der Waals surface area contributed by atoms with E-state index in [2.05, 4.69) is 17.1 Å². The molecule has 0 bridgehead atoms. The van der Waals surface area contributed by atoms with Crippen LogP contribution in [0.3, 0.4) is 0 Å². The molecule has 1 saturated carbocycles. The lowest BCUT2D eigenvalue weighted by Crippen LogP contribution is -2.73. The molecular weight excluding hydrogens is 616 g/mol. The SMILES string of the molecule is CCCCN1C(=O)[C@H](CC2CCCCC2)NC(=O)C12CCN(Cc1c(C)nn(-c3ccc(S(=O)(=O)N4CCOCC4)cc3)c1C)CC2. The Hall–Kier alpha value is -2.80. The van der Waals surface area contributed by atoms with Crippen molar-refractivity contribution in [1.82, 2.24) is 29.2 Å². The zero-order chi connectivity index (χ0) is 33.2. The smallest absolute Gasteiger partial charge is 0.246 e. The first-order valence-electron chi connectivity index (χ1n) is 17.7. The number of rotatable bonds is 10. The van der Waals surface area contributed by atoms with E-state index in [1.807, 2.05) is 35.6 Å². The van der Waals surface area contributed by atoms with Gasteiger partial charge in [-0.25, -0.2) is 13.1 Å². The number of aromatic nitrogens is 2. The number of carbonyl (C=O) groups is 2. The zero-order valence-corrected chi connectivity index (χ0v) is 29.2. The van der Waals surface area contributed by atoms with E-state index in [0.29, 0.717) is 58.2 Å². The summed E-state index contributed by atoms with van der Waals surface area (Å²) < 4.78 is 34.9. The average molecular weight is 669 g/mol. The number of nitrogens with one attached hydrogen (secondary N) is 1. The van der Waals surface area contributed by atoms with E-state index in [0.717, 1.165) is 67.8 Å². The lowest BCUT2D eigenvalue weighted by atomic mass is 9.79. The zero-order valence-electron chi connectivity index (χ0n) is 28.4. The van der Waals surface area contributed by atoms with Crippen LogP contribution >= 0.6 is 0 Å². The predicted octanol–water partition coefficient (Wildman–Crippen LogP) is 3.94. The molecule has 258 valence electrons. The van der Waals surface area contributed by atoms with Crippen LogP contribution in [0.2, 0.25) is 0 Å². The van der Waals surface area contributed by atoms with Crippen LogP contribution in [0.5, 0.6) is 0 Å². The van der Waals surface area contributed by atoms with Crippen LogP contribution in [-0.2, 0) is 30.9 Å². The molecule has 1 N–H and O–H groups in total. The number of piperazine rings is 1. The minimum absolute atomic E-state index is 0.0351. The Labute approximate surface area is 280 Å². The summed E-state index contributed by atoms with van der Waals surface area (Å²) in [4.78, 5) is 32.4. The van der Waals surface area contributed by atoms with Crippen LogP contribution < -0.4 is 5.32 Å². The number of hydrogen-bond acceptors (Lipinski definition) is 7. The van der Waals surface area contributed by atoms with Crippen LogP contribution in [0.25, 0.3) is 5.69 Å². The second kappa shape index (κ2) is 14.4. The largest absolute Gasteiger partial charge is 0.379 e. The summed E-state index contributed by atoms with van der Waals surface area (Å²) >= 11 is 0. The van der Waals surface area contributed by atoms with Crippen molar-refractivity contribution in [3.8, 4) is 5.69 Å². The van der Waals surface area contributed by atoms with E-state index in [-0.39, 0.29) is 16.7 Å². The molecule has 0 unspecified atom stereocenters. The molecule has 1 aliphatic carbocycles. The van der Waals surface area contributed by atoms with E-state index < -0.39 is 21.6 Å². The van der Waals surface area contributed by atoms with Gasteiger partial charge in [0, 0.05) is 50.5 Å². The van der Waals surface area contributed by atoms with Crippen molar-refractivity contribution in [3.05, 3.63) is 41.2 Å². The number of likely N-dealkylation sites (tertiary alicyclic amines) is 1. The van der Waals surface area contributed by atoms with Crippen LogP contribution in [0, 0.1) is 19.8 Å². The highest BCUT2D eigenvalue weighted by atomic mass is 32.2. The number of benzene rings is 1. The molecule has 1 spiro atoms. The maximum atomic E-state index is 13.9. The van der Waals surface area contributed by atoms with Gasteiger partial charge in [-0.3, -0.25) is 14.5 Å². The molecule has 11 nitrogen and oxygen atoms in total. The molecule has 1 atom stereocenters. The average Bonchev–Trinajstić information content (AvgIpc) is 3.37. The Morgan fingerprint density at radius 3 is 2.32 bits per heavy atom. The molecule has 2 amide bonds. The van der Waals surface area contributed by atoms with Crippen molar-refractivity contribution in [1.29, 1.82) is 0 Å². The lowest BCUT2D eigenvalue weighted by molar-refractivity contribution is -0.162. The van der Waals surface area contributed by atoms with Gasteiger partial charge in [-0.1, -0.05) is 45.4 Å². The molecule has 3 saturated heterocycles. The van der Waals surface area contributed by atoms with Gasteiger partial charge >= 0.3 is 0 Å². The third-order valence-electron chi connectivity index (χ3n) is 11.0. The molecule has 4 fully saturated rings. The minimum atomic E-state index is -3.57. The number of amides is 2. The van der Waals surface area contributed by atoms with Crippen molar-refractivity contribution < 1.29 is 22.7 Å². The molecule has 1 aromatic heterocycles. The number of piperidine rings is 1.